The Morgan fingerprint density at radius 1 is 1.20 bits per heavy atom. The number of nitrogens with zero attached hydrogens (tertiary/aromatic N) is 4. The minimum atomic E-state index is -0.321. The average Bonchev–Trinajstić information content (AvgIpc) is 3.32. The molecule has 25 heavy (non-hydrogen) atoms. The quantitative estimate of drug-likeness (QED) is 0.788. The van der Waals surface area contributed by atoms with Crippen molar-refractivity contribution >= 4 is 28.5 Å². The predicted molar refractivity (Wildman–Crippen MR) is 94.8 cm³/mol. The van der Waals surface area contributed by atoms with E-state index in [4.69, 9.17) is 4.52 Å². The molecule has 3 heterocycles. The van der Waals surface area contributed by atoms with Gasteiger partial charge in [0, 0.05) is 18.8 Å². The van der Waals surface area contributed by atoms with Gasteiger partial charge in [-0.3, -0.25) is 4.79 Å². The number of hydrogen-bond donors (Lipinski definition) is 1. The first kappa shape index (κ1) is 15.6. The molecule has 0 atom stereocenters. The van der Waals surface area contributed by atoms with Crippen LogP contribution in [0.25, 0.3) is 11.1 Å². The molecule has 1 aromatic carbocycles. The molecule has 1 N–H and O–H groups in total. The highest BCUT2D eigenvalue weighted by Gasteiger charge is 2.25. The number of benzene rings is 1. The molecule has 4 rings (SSSR count). The first-order valence-electron chi connectivity index (χ1n) is 8.52. The summed E-state index contributed by atoms with van der Waals surface area (Å²) in [7, 11) is 0. The molecule has 3 aromatic rings. The fourth-order valence-corrected chi connectivity index (χ4v) is 3.11. The van der Waals surface area contributed by atoms with Gasteiger partial charge in [-0.1, -0.05) is 24.2 Å². The van der Waals surface area contributed by atoms with Crippen molar-refractivity contribution in [2.24, 2.45) is 0 Å². The molecule has 0 spiro atoms. The van der Waals surface area contributed by atoms with Gasteiger partial charge in [-0.25, -0.2) is 4.98 Å². The van der Waals surface area contributed by atoms with E-state index in [2.05, 4.69) is 32.3 Å². The van der Waals surface area contributed by atoms with E-state index in [1.54, 1.807) is 0 Å². The number of carbonyl (C=O) groups excluding carboxylic acids is 1. The van der Waals surface area contributed by atoms with Crippen LogP contribution in [-0.4, -0.2) is 34.1 Å². The number of fused-ring (bicyclic) bond motifs is 1. The van der Waals surface area contributed by atoms with Crippen LogP contribution in [0.1, 0.15) is 35.8 Å². The summed E-state index contributed by atoms with van der Waals surface area (Å²) in [6.45, 7) is 3.92. The summed E-state index contributed by atoms with van der Waals surface area (Å²) in [5.74, 6) is 0.397. The summed E-state index contributed by atoms with van der Waals surface area (Å²) in [6, 6.07) is 7.76. The maximum Gasteiger partial charge on any atom is 0.278 e. The maximum atomic E-state index is 12.7. The molecule has 7 nitrogen and oxygen atoms in total. The molecule has 0 unspecified atom stereocenters. The number of anilines is 2. The van der Waals surface area contributed by atoms with Gasteiger partial charge in [0.05, 0.1) is 0 Å². The van der Waals surface area contributed by atoms with Crippen LogP contribution in [0.15, 0.2) is 35.1 Å². The molecular weight excluding hydrogens is 318 g/mol. The number of hydrogen-bond acceptors (Lipinski definition) is 6. The molecule has 1 fully saturated rings. The van der Waals surface area contributed by atoms with Gasteiger partial charge in [-0.05, 0) is 37.0 Å². The van der Waals surface area contributed by atoms with Gasteiger partial charge in [0.1, 0.15) is 17.5 Å². The lowest BCUT2D eigenvalue weighted by atomic mass is 10.1. The fourth-order valence-electron chi connectivity index (χ4n) is 3.11. The summed E-state index contributed by atoms with van der Waals surface area (Å²) in [6.07, 6.45) is 4.63. The average molecular weight is 337 g/mol. The van der Waals surface area contributed by atoms with Crippen molar-refractivity contribution in [1.82, 2.24) is 15.1 Å². The Morgan fingerprint density at radius 2 is 1.96 bits per heavy atom. The van der Waals surface area contributed by atoms with Crippen LogP contribution >= 0.6 is 0 Å². The van der Waals surface area contributed by atoms with Crippen LogP contribution in [0.4, 0.5) is 11.5 Å². The van der Waals surface area contributed by atoms with Gasteiger partial charge in [-0.15, -0.1) is 0 Å². The van der Waals surface area contributed by atoms with Gasteiger partial charge in [0.25, 0.3) is 11.6 Å². The first-order valence-corrected chi connectivity index (χ1v) is 8.52. The third kappa shape index (κ3) is 2.93. The Hall–Kier alpha value is -2.96. The Morgan fingerprint density at radius 3 is 2.68 bits per heavy atom. The number of aromatic nitrogens is 3. The second-order valence-corrected chi connectivity index (χ2v) is 6.11. The second-order valence-electron chi connectivity index (χ2n) is 6.11. The van der Waals surface area contributed by atoms with Crippen molar-refractivity contribution in [2.45, 2.75) is 26.2 Å². The van der Waals surface area contributed by atoms with E-state index in [1.807, 2.05) is 24.3 Å². The Labute approximate surface area is 145 Å². The Bertz CT molecular complexity index is 897. The number of amides is 1. The van der Waals surface area contributed by atoms with Crippen molar-refractivity contribution in [2.75, 3.05) is 23.3 Å². The van der Waals surface area contributed by atoms with E-state index < -0.39 is 0 Å². The highest BCUT2D eigenvalue weighted by atomic mass is 16.5. The monoisotopic (exact) mass is 337 g/mol. The lowest BCUT2D eigenvalue weighted by Crippen LogP contribution is -2.20. The normalized spacial score (nSPS) is 14.2. The van der Waals surface area contributed by atoms with Crippen molar-refractivity contribution in [1.29, 1.82) is 0 Å². The standard InChI is InChI=1S/C18H19N5O2/c1-2-12-5-7-13(8-6-12)21-17(24)15-14-16(23-9-3-4-10-23)19-11-20-18(14)25-22-15/h5-8,11H,2-4,9-10H2,1H3,(H,21,24). The predicted octanol–water partition coefficient (Wildman–Crippen LogP) is 3.03. The highest BCUT2D eigenvalue weighted by Crippen LogP contribution is 2.29. The first-order chi connectivity index (χ1) is 12.3. The van der Waals surface area contributed by atoms with E-state index >= 15 is 0 Å². The molecule has 0 aliphatic carbocycles. The van der Waals surface area contributed by atoms with Crippen LogP contribution in [0.3, 0.4) is 0 Å². The van der Waals surface area contributed by atoms with Crippen LogP contribution < -0.4 is 10.2 Å². The zero-order chi connectivity index (χ0) is 17.2. The van der Waals surface area contributed by atoms with Crippen LogP contribution in [0.5, 0.6) is 0 Å². The summed E-state index contributed by atoms with van der Waals surface area (Å²) >= 11 is 0. The van der Waals surface area contributed by atoms with Crippen molar-refractivity contribution < 1.29 is 9.32 Å². The SMILES string of the molecule is CCc1ccc(NC(=O)c2noc3ncnc(N4CCCC4)c23)cc1. The molecule has 1 aliphatic rings. The Balaban J connectivity index is 1.66. The van der Waals surface area contributed by atoms with E-state index in [9.17, 15) is 4.79 Å². The van der Waals surface area contributed by atoms with Crippen molar-refractivity contribution in [3.05, 3.63) is 41.9 Å². The summed E-state index contributed by atoms with van der Waals surface area (Å²) < 4.78 is 5.26. The van der Waals surface area contributed by atoms with Gasteiger partial charge < -0.3 is 14.7 Å². The third-order valence-electron chi connectivity index (χ3n) is 4.49. The second kappa shape index (κ2) is 6.51. The number of rotatable bonds is 4. The minimum absolute atomic E-state index is 0.220. The third-order valence-corrected chi connectivity index (χ3v) is 4.49. The zero-order valence-electron chi connectivity index (χ0n) is 14.0. The fraction of sp³-hybridized carbons (Fsp3) is 0.333. The molecule has 2 aromatic heterocycles. The molecule has 7 heteroatoms. The lowest BCUT2D eigenvalue weighted by molar-refractivity contribution is 0.102. The van der Waals surface area contributed by atoms with Crippen LogP contribution in [0, 0.1) is 0 Å². The lowest BCUT2D eigenvalue weighted by Gasteiger charge is -2.16. The van der Waals surface area contributed by atoms with E-state index in [-0.39, 0.29) is 11.6 Å². The molecule has 1 aliphatic heterocycles. The molecule has 1 amide bonds. The number of carbonyl (C=O) groups is 1. The molecule has 0 saturated carbocycles. The van der Waals surface area contributed by atoms with Crippen LogP contribution in [0.2, 0.25) is 0 Å². The number of aryl methyl sites for hydroxylation is 1. The maximum absolute atomic E-state index is 12.7. The van der Waals surface area contributed by atoms with Gasteiger partial charge in [-0.2, -0.15) is 4.98 Å². The van der Waals surface area contributed by atoms with Gasteiger partial charge >= 0.3 is 0 Å². The molecule has 1 saturated heterocycles. The van der Waals surface area contributed by atoms with Crippen molar-refractivity contribution in [3.8, 4) is 0 Å². The van der Waals surface area contributed by atoms with E-state index in [1.165, 1.54) is 11.9 Å². The molecule has 0 bridgehead atoms. The topological polar surface area (TPSA) is 84.2 Å². The van der Waals surface area contributed by atoms with Gasteiger partial charge in [0.15, 0.2) is 5.69 Å². The van der Waals surface area contributed by atoms with Crippen LogP contribution in [-0.2, 0) is 6.42 Å². The molecule has 128 valence electrons. The van der Waals surface area contributed by atoms with Gasteiger partial charge in [0.2, 0.25) is 0 Å². The Kier molecular flexibility index (Phi) is 4.05. The highest BCUT2D eigenvalue weighted by molar-refractivity contribution is 6.12. The van der Waals surface area contributed by atoms with E-state index in [0.717, 1.165) is 43.9 Å². The minimum Gasteiger partial charge on any atom is -0.356 e. The smallest absolute Gasteiger partial charge is 0.278 e. The van der Waals surface area contributed by atoms with E-state index in [0.29, 0.717) is 11.1 Å². The van der Waals surface area contributed by atoms with Crippen molar-refractivity contribution in [3.63, 3.8) is 0 Å². The number of nitrogens with one attached hydrogen (secondary N) is 1. The summed E-state index contributed by atoms with van der Waals surface area (Å²) in [4.78, 5) is 23.3. The largest absolute Gasteiger partial charge is 0.356 e. The molecule has 0 radical (unpaired) electrons. The summed E-state index contributed by atoms with van der Waals surface area (Å²) in [5, 5.41) is 7.39. The summed E-state index contributed by atoms with van der Waals surface area (Å²) in [5.41, 5.74) is 2.49. The zero-order valence-corrected chi connectivity index (χ0v) is 14.0. The molecular formula is C18H19N5O2.